The summed E-state index contributed by atoms with van der Waals surface area (Å²) in [6.45, 7) is 2.19. The topological polar surface area (TPSA) is 79.8 Å². The minimum absolute atomic E-state index is 0.171. The predicted octanol–water partition coefficient (Wildman–Crippen LogP) is 6.14. The fourth-order valence-electron chi connectivity index (χ4n) is 3.06. The third-order valence-electron chi connectivity index (χ3n) is 4.96. The van der Waals surface area contributed by atoms with Gasteiger partial charge in [0.15, 0.2) is 0 Å². The maximum atomic E-state index is 12.1. The standard InChI is InChI=1S/C26H25Cl2N3O3/c1-18-22(27)11-5-12-24(18)30-25(32)13-6-14-26(33)31-29-16-19-7-4-9-21(15-19)34-17-20-8-2-3-10-23(20)28/h2-5,7-12,15-16H,6,13-14,17H2,1H3,(H,30,32)(H,31,33)/b29-16-. The molecule has 0 aliphatic heterocycles. The molecule has 3 rings (SSSR count). The van der Waals surface area contributed by atoms with Crippen LogP contribution in [0.5, 0.6) is 5.75 Å². The van der Waals surface area contributed by atoms with Crippen LogP contribution in [0.3, 0.4) is 0 Å². The molecule has 3 aromatic carbocycles. The van der Waals surface area contributed by atoms with E-state index in [-0.39, 0.29) is 24.7 Å². The minimum Gasteiger partial charge on any atom is -0.489 e. The van der Waals surface area contributed by atoms with Gasteiger partial charge >= 0.3 is 0 Å². The number of hydrazone groups is 1. The van der Waals surface area contributed by atoms with Crippen LogP contribution in [-0.4, -0.2) is 18.0 Å². The van der Waals surface area contributed by atoms with Crippen LogP contribution in [0.1, 0.15) is 36.0 Å². The molecule has 0 heterocycles. The number of carbonyl (C=O) groups is 2. The first-order chi connectivity index (χ1) is 16.4. The molecule has 0 aromatic heterocycles. The van der Waals surface area contributed by atoms with Crippen LogP contribution < -0.4 is 15.5 Å². The van der Waals surface area contributed by atoms with Crippen LogP contribution in [0, 0.1) is 6.92 Å². The zero-order valence-electron chi connectivity index (χ0n) is 18.7. The van der Waals surface area contributed by atoms with Crippen molar-refractivity contribution >= 4 is 46.9 Å². The van der Waals surface area contributed by atoms with Crippen molar-refractivity contribution < 1.29 is 14.3 Å². The fourth-order valence-corrected chi connectivity index (χ4v) is 3.43. The summed E-state index contributed by atoms with van der Waals surface area (Å²) >= 11 is 12.2. The second kappa shape index (κ2) is 12.8. The number of nitrogens with zero attached hydrogens (tertiary/aromatic N) is 1. The van der Waals surface area contributed by atoms with Gasteiger partial charge in [0, 0.05) is 34.1 Å². The summed E-state index contributed by atoms with van der Waals surface area (Å²) in [4.78, 5) is 24.1. The van der Waals surface area contributed by atoms with E-state index in [2.05, 4.69) is 15.8 Å². The molecule has 0 unspecified atom stereocenters. The van der Waals surface area contributed by atoms with Crippen molar-refractivity contribution in [2.45, 2.75) is 32.8 Å². The maximum absolute atomic E-state index is 12.1. The SMILES string of the molecule is Cc1c(Cl)cccc1NC(=O)CCCC(=O)N/N=C\c1cccc(OCc2ccccc2Cl)c1. The van der Waals surface area contributed by atoms with Gasteiger partial charge in [0.25, 0.3) is 0 Å². The van der Waals surface area contributed by atoms with Crippen molar-refractivity contribution in [1.29, 1.82) is 0 Å². The number of amides is 2. The first kappa shape index (κ1) is 25.3. The number of halogens is 2. The lowest BCUT2D eigenvalue weighted by Gasteiger charge is -2.09. The molecule has 2 amide bonds. The Labute approximate surface area is 208 Å². The molecule has 3 aromatic rings. The molecule has 0 atom stereocenters. The molecule has 0 fully saturated rings. The Bertz CT molecular complexity index is 1180. The lowest BCUT2D eigenvalue weighted by Crippen LogP contribution is -2.18. The summed E-state index contributed by atoms with van der Waals surface area (Å²) in [5.74, 6) is 0.223. The van der Waals surface area contributed by atoms with Crippen molar-refractivity contribution in [2.75, 3.05) is 5.32 Å². The molecule has 0 aliphatic rings. The van der Waals surface area contributed by atoms with Crippen LogP contribution in [0.4, 0.5) is 5.69 Å². The van der Waals surface area contributed by atoms with Gasteiger partial charge in [-0.1, -0.05) is 59.6 Å². The summed E-state index contributed by atoms with van der Waals surface area (Å²) < 4.78 is 5.79. The van der Waals surface area contributed by atoms with Crippen molar-refractivity contribution in [1.82, 2.24) is 5.43 Å². The summed E-state index contributed by atoms with van der Waals surface area (Å²) in [7, 11) is 0. The predicted molar refractivity (Wildman–Crippen MR) is 137 cm³/mol. The van der Waals surface area contributed by atoms with Crippen molar-refractivity contribution in [3.63, 3.8) is 0 Å². The number of carbonyl (C=O) groups excluding carboxylic acids is 2. The quantitative estimate of drug-likeness (QED) is 0.260. The largest absolute Gasteiger partial charge is 0.489 e. The van der Waals surface area contributed by atoms with Gasteiger partial charge in [-0.2, -0.15) is 5.10 Å². The lowest BCUT2D eigenvalue weighted by molar-refractivity contribution is -0.121. The second-order valence-corrected chi connectivity index (χ2v) is 8.37. The van der Waals surface area contributed by atoms with Gasteiger partial charge in [0.1, 0.15) is 12.4 Å². The number of hydrogen-bond acceptors (Lipinski definition) is 4. The van der Waals surface area contributed by atoms with E-state index in [4.69, 9.17) is 27.9 Å². The molecule has 0 spiro atoms. The maximum Gasteiger partial charge on any atom is 0.240 e. The Morgan fingerprint density at radius 1 is 0.941 bits per heavy atom. The number of nitrogens with one attached hydrogen (secondary N) is 2. The molecular formula is C26H25Cl2N3O3. The summed E-state index contributed by atoms with van der Waals surface area (Å²) in [6.07, 6.45) is 2.33. The average molecular weight is 498 g/mol. The third-order valence-corrected chi connectivity index (χ3v) is 5.74. The average Bonchev–Trinajstić information content (AvgIpc) is 2.82. The molecule has 34 heavy (non-hydrogen) atoms. The van der Waals surface area contributed by atoms with Gasteiger partial charge in [-0.3, -0.25) is 9.59 Å². The van der Waals surface area contributed by atoms with E-state index in [1.807, 2.05) is 55.5 Å². The molecule has 0 saturated heterocycles. The fraction of sp³-hybridized carbons (Fsp3) is 0.192. The smallest absolute Gasteiger partial charge is 0.240 e. The van der Waals surface area contributed by atoms with Crippen LogP contribution in [0.2, 0.25) is 10.0 Å². The summed E-state index contributed by atoms with van der Waals surface area (Å²) in [6, 6.07) is 20.2. The zero-order valence-corrected chi connectivity index (χ0v) is 20.2. The number of hydrogen-bond donors (Lipinski definition) is 2. The summed E-state index contributed by atoms with van der Waals surface area (Å²) in [5, 5.41) is 8.04. The molecule has 0 radical (unpaired) electrons. The van der Waals surface area contributed by atoms with Crippen molar-refractivity contribution in [3.8, 4) is 5.75 Å². The first-order valence-corrected chi connectivity index (χ1v) is 11.5. The highest BCUT2D eigenvalue weighted by molar-refractivity contribution is 6.32. The van der Waals surface area contributed by atoms with E-state index < -0.39 is 0 Å². The van der Waals surface area contributed by atoms with Gasteiger partial charge in [0.05, 0.1) is 6.21 Å². The Morgan fingerprint density at radius 2 is 1.68 bits per heavy atom. The van der Waals surface area contributed by atoms with E-state index in [1.165, 1.54) is 6.21 Å². The van der Waals surface area contributed by atoms with Gasteiger partial charge < -0.3 is 10.1 Å². The van der Waals surface area contributed by atoms with Crippen molar-refractivity contribution in [3.05, 3.63) is 93.5 Å². The van der Waals surface area contributed by atoms with E-state index in [9.17, 15) is 9.59 Å². The highest BCUT2D eigenvalue weighted by Crippen LogP contribution is 2.23. The molecule has 0 saturated carbocycles. The van der Waals surface area contributed by atoms with Gasteiger partial charge in [-0.15, -0.1) is 0 Å². The van der Waals surface area contributed by atoms with Crippen LogP contribution in [0.15, 0.2) is 71.8 Å². The highest BCUT2D eigenvalue weighted by Gasteiger charge is 2.08. The monoisotopic (exact) mass is 497 g/mol. The first-order valence-electron chi connectivity index (χ1n) is 10.8. The lowest BCUT2D eigenvalue weighted by atomic mass is 10.2. The Morgan fingerprint density at radius 3 is 2.50 bits per heavy atom. The van der Waals surface area contributed by atoms with Gasteiger partial charge in [-0.05, 0) is 54.8 Å². The third kappa shape index (κ3) is 7.90. The molecule has 176 valence electrons. The van der Waals surface area contributed by atoms with E-state index in [0.717, 1.165) is 16.7 Å². The highest BCUT2D eigenvalue weighted by atomic mass is 35.5. The molecular weight excluding hydrogens is 473 g/mol. The van der Waals surface area contributed by atoms with Gasteiger partial charge in [0.2, 0.25) is 11.8 Å². The minimum atomic E-state index is -0.269. The van der Waals surface area contributed by atoms with Gasteiger partial charge in [-0.25, -0.2) is 5.43 Å². The summed E-state index contributed by atoms with van der Waals surface area (Å²) in [5.41, 5.74) is 5.63. The Kier molecular flexibility index (Phi) is 9.50. The van der Waals surface area contributed by atoms with E-state index in [0.29, 0.717) is 34.5 Å². The Balaban J connectivity index is 1.39. The number of benzene rings is 3. The molecule has 2 N–H and O–H groups in total. The van der Waals surface area contributed by atoms with E-state index >= 15 is 0 Å². The second-order valence-electron chi connectivity index (χ2n) is 7.56. The number of ether oxygens (including phenoxy) is 1. The molecule has 0 aliphatic carbocycles. The van der Waals surface area contributed by atoms with Crippen LogP contribution in [-0.2, 0) is 16.2 Å². The normalized spacial score (nSPS) is 10.8. The van der Waals surface area contributed by atoms with E-state index in [1.54, 1.807) is 18.2 Å². The molecule has 6 nitrogen and oxygen atoms in total. The molecule has 0 bridgehead atoms. The van der Waals surface area contributed by atoms with Crippen LogP contribution in [0.25, 0.3) is 0 Å². The Hall–Kier alpha value is -3.35. The molecule has 8 heteroatoms. The number of rotatable bonds is 10. The van der Waals surface area contributed by atoms with Crippen molar-refractivity contribution in [2.24, 2.45) is 5.10 Å². The zero-order chi connectivity index (χ0) is 24.3. The number of anilines is 1. The van der Waals surface area contributed by atoms with Crippen LogP contribution >= 0.6 is 23.2 Å².